The Balaban J connectivity index is 1.46. The fraction of sp³-hybridized carbons (Fsp3) is 0.0455. The summed E-state index contributed by atoms with van der Waals surface area (Å²) in [5, 5.41) is 6.69. The van der Waals surface area contributed by atoms with Crippen molar-refractivity contribution in [2.24, 2.45) is 0 Å². The topological polar surface area (TPSA) is 91.8 Å². The molecule has 3 heterocycles. The monoisotopic (exact) mass is 495 g/mol. The highest BCUT2D eigenvalue weighted by atomic mass is 79.9. The van der Waals surface area contributed by atoms with Crippen LogP contribution in [0.15, 0.2) is 76.9 Å². The molecule has 0 aliphatic rings. The highest BCUT2D eigenvalue weighted by Gasteiger charge is 2.12. The number of thiophene rings is 1. The van der Waals surface area contributed by atoms with Gasteiger partial charge in [-0.25, -0.2) is 0 Å². The third-order valence-electron chi connectivity index (χ3n) is 4.34. The molecule has 9 heteroatoms. The summed E-state index contributed by atoms with van der Waals surface area (Å²) in [7, 11) is 0. The SMILES string of the molecule is O=C(/C=C/c1cn(Cc2ccccc2)nc1-c1cccs1)NNC(=O)c1cc(Br)c[nH]1. The highest BCUT2D eigenvalue weighted by molar-refractivity contribution is 9.10. The van der Waals surface area contributed by atoms with E-state index in [0.717, 1.165) is 26.2 Å². The predicted octanol–water partition coefficient (Wildman–Crippen LogP) is 4.22. The Labute approximate surface area is 190 Å². The van der Waals surface area contributed by atoms with Crippen molar-refractivity contribution in [2.45, 2.75) is 6.54 Å². The summed E-state index contributed by atoms with van der Waals surface area (Å²) >= 11 is 4.84. The third-order valence-corrected chi connectivity index (χ3v) is 5.67. The summed E-state index contributed by atoms with van der Waals surface area (Å²) in [6, 6.07) is 15.6. The molecule has 156 valence electrons. The van der Waals surface area contributed by atoms with Crippen LogP contribution in [0.3, 0.4) is 0 Å². The molecule has 3 aromatic heterocycles. The van der Waals surface area contributed by atoms with Crippen molar-refractivity contribution in [3.05, 3.63) is 93.7 Å². The Morgan fingerprint density at radius 2 is 2.00 bits per heavy atom. The number of hydrogen-bond acceptors (Lipinski definition) is 4. The van der Waals surface area contributed by atoms with Gasteiger partial charge in [-0.3, -0.25) is 25.1 Å². The average Bonchev–Trinajstić information content (AvgIpc) is 3.52. The van der Waals surface area contributed by atoms with Crippen molar-refractivity contribution in [3.8, 4) is 10.6 Å². The van der Waals surface area contributed by atoms with Crippen LogP contribution in [0.1, 0.15) is 21.6 Å². The van der Waals surface area contributed by atoms with E-state index in [1.807, 2.05) is 58.7 Å². The van der Waals surface area contributed by atoms with Crippen LogP contribution in [0.2, 0.25) is 0 Å². The van der Waals surface area contributed by atoms with Gasteiger partial charge >= 0.3 is 0 Å². The molecule has 1 aromatic carbocycles. The molecule has 0 bridgehead atoms. The largest absolute Gasteiger partial charge is 0.356 e. The van der Waals surface area contributed by atoms with Gasteiger partial charge in [0.2, 0.25) is 0 Å². The van der Waals surface area contributed by atoms with E-state index in [1.54, 1.807) is 29.7 Å². The van der Waals surface area contributed by atoms with Crippen LogP contribution in [0.25, 0.3) is 16.6 Å². The van der Waals surface area contributed by atoms with E-state index in [9.17, 15) is 9.59 Å². The summed E-state index contributed by atoms with van der Waals surface area (Å²) in [5.41, 5.74) is 7.82. The number of aromatic nitrogens is 3. The first-order valence-corrected chi connectivity index (χ1v) is 11.0. The van der Waals surface area contributed by atoms with Crippen LogP contribution in [0.4, 0.5) is 0 Å². The number of carbonyl (C=O) groups is 2. The van der Waals surface area contributed by atoms with E-state index in [-0.39, 0.29) is 0 Å². The zero-order valence-electron chi connectivity index (χ0n) is 16.2. The molecule has 4 aromatic rings. The van der Waals surface area contributed by atoms with E-state index >= 15 is 0 Å². The standard InChI is InChI=1S/C22H18BrN5O2S/c23-17-11-18(24-12-17)22(30)26-25-20(29)9-8-16-14-28(13-15-5-2-1-3-6-15)27-21(16)19-7-4-10-31-19/h1-12,14,24H,13H2,(H,25,29)(H,26,30)/b9-8+. The fourth-order valence-corrected chi connectivity index (χ4v) is 3.98. The second-order valence-electron chi connectivity index (χ2n) is 6.60. The Morgan fingerprint density at radius 3 is 2.71 bits per heavy atom. The lowest BCUT2D eigenvalue weighted by Gasteiger charge is -2.03. The zero-order valence-corrected chi connectivity index (χ0v) is 18.6. The van der Waals surface area contributed by atoms with Gasteiger partial charge in [-0.05, 0) is 45.1 Å². The number of H-pyrrole nitrogens is 1. The molecule has 0 saturated carbocycles. The second kappa shape index (κ2) is 9.59. The van der Waals surface area contributed by atoms with Gasteiger partial charge in [-0.1, -0.05) is 36.4 Å². The Hall–Kier alpha value is -3.43. The first-order chi connectivity index (χ1) is 15.1. The minimum Gasteiger partial charge on any atom is -0.356 e. The smallest absolute Gasteiger partial charge is 0.286 e. The average molecular weight is 496 g/mol. The second-order valence-corrected chi connectivity index (χ2v) is 8.47. The summed E-state index contributed by atoms with van der Waals surface area (Å²) in [6.45, 7) is 0.626. The number of aromatic amines is 1. The number of hydrogen-bond donors (Lipinski definition) is 3. The normalized spacial score (nSPS) is 11.0. The van der Waals surface area contributed by atoms with Crippen molar-refractivity contribution in [3.63, 3.8) is 0 Å². The van der Waals surface area contributed by atoms with Crippen molar-refractivity contribution < 1.29 is 9.59 Å². The number of rotatable bonds is 6. The highest BCUT2D eigenvalue weighted by Crippen LogP contribution is 2.27. The Bertz CT molecular complexity index is 1210. The molecule has 0 aliphatic heterocycles. The lowest BCUT2D eigenvalue weighted by molar-refractivity contribution is -0.117. The van der Waals surface area contributed by atoms with Crippen molar-refractivity contribution >= 4 is 45.2 Å². The molecule has 4 rings (SSSR count). The molecule has 0 saturated heterocycles. The van der Waals surface area contributed by atoms with Crippen LogP contribution in [-0.4, -0.2) is 26.6 Å². The molecular formula is C22H18BrN5O2S. The Morgan fingerprint density at radius 1 is 1.16 bits per heavy atom. The first-order valence-electron chi connectivity index (χ1n) is 9.36. The van der Waals surface area contributed by atoms with Gasteiger partial charge < -0.3 is 4.98 Å². The van der Waals surface area contributed by atoms with E-state index in [4.69, 9.17) is 5.10 Å². The number of halogens is 1. The predicted molar refractivity (Wildman–Crippen MR) is 124 cm³/mol. The van der Waals surface area contributed by atoms with Crippen molar-refractivity contribution in [1.29, 1.82) is 0 Å². The molecule has 0 radical (unpaired) electrons. The lowest BCUT2D eigenvalue weighted by atomic mass is 10.2. The number of nitrogens with one attached hydrogen (secondary N) is 3. The number of hydrazine groups is 1. The van der Waals surface area contributed by atoms with E-state index < -0.39 is 11.8 Å². The van der Waals surface area contributed by atoms with Crippen LogP contribution >= 0.6 is 27.3 Å². The molecule has 31 heavy (non-hydrogen) atoms. The van der Waals surface area contributed by atoms with Gasteiger partial charge in [0.25, 0.3) is 11.8 Å². The van der Waals surface area contributed by atoms with Gasteiger partial charge in [0.15, 0.2) is 0 Å². The fourth-order valence-electron chi connectivity index (χ4n) is 2.91. The molecule has 7 nitrogen and oxygen atoms in total. The molecule has 3 N–H and O–H groups in total. The number of carbonyl (C=O) groups excluding carboxylic acids is 2. The number of nitrogens with zero attached hydrogens (tertiary/aromatic N) is 2. The van der Waals surface area contributed by atoms with Crippen molar-refractivity contribution in [1.82, 2.24) is 25.6 Å². The van der Waals surface area contributed by atoms with Crippen LogP contribution in [-0.2, 0) is 11.3 Å². The molecule has 0 atom stereocenters. The number of amides is 2. The van der Waals surface area contributed by atoms with Crippen molar-refractivity contribution in [2.75, 3.05) is 0 Å². The maximum Gasteiger partial charge on any atom is 0.286 e. The van der Waals surface area contributed by atoms with Gasteiger partial charge in [0.1, 0.15) is 11.4 Å². The molecule has 2 amide bonds. The maximum absolute atomic E-state index is 12.2. The molecule has 0 fully saturated rings. The minimum atomic E-state index is -0.452. The third kappa shape index (κ3) is 5.39. The first kappa shape index (κ1) is 20.8. The van der Waals surface area contributed by atoms with E-state index in [1.165, 1.54) is 6.08 Å². The summed E-state index contributed by atoms with van der Waals surface area (Å²) in [6.07, 6.45) is 6.60. The van der Waals surface area contributed by atoms with Gasteiger partial charge in [0, 0.05) is 28.5 Å². The molecule has 0 unspecified atom stereocenters. The van der Waals surface area contributed by atoms with Gasteiger partial charge in [0.05, 0.1) is 11.4 Å². The summed E-state index contributed by atoms with van der Waals surface area (Å²) < 4.78 is 2.60. The van der Waals surface area contributed by atoms with Gasteiger partial charge in [-0.15, -0.1) is 11.3 Å². The molecule has 0 spiro atoms. The van der Waals surface area contributed by atoms with E-state index in [2.05, 4.69) is 31.8 Å². The summed E-state index contributed by atoms with van der Waals surface area (Å²) in [4.78, 5) is 28.0. The maximum atomic E-state index is 12.2. The summed E-state index contributed by atoms with van der Waals surface area (Å²) in [5.74, 6) is -0.894. The van der Waals surface area contributed by atoms with Crippen LogP contribution < -0.4 is 10.9 Å². The Kier molecular flexibility index (Phi) is 6.44. The quantitative estimate of drug-likeness (QED) is 0.276. The lowest BCUT2D eigenvalue weighted by Crippen LogP contribution is -2.40. The van der Waals surface area contributed by atoms with E-state index in [0.29, 0.717) is 12.2 Å². The van der Waals surface area contributed by atoms with Crippen LogP contribution in [0, 0.1) is 0 Å². The van der Waals surface area contributed by atoms with Gasteiger partial charge in [-0.2, -0.15) is 5.10 Å². The minimum absolute atomic E-state index is 0.332. The van der Waals surface area contributed by atoms with Crippen LogP contribution in [0.5, 0.6) is 0 Å². The molecule has 0 aliphatic carbocycles. The number of benzene rings is 1. The molecular weight excluding hydrogens is 478 g/mol. The zero-order chi connectivity index (χ0) is 21.6.